The minimum absolute atomic E-state index is 0.0183. The minimum Gasteiger partial charge on any atom is -0.492 e. The lowest BCUT2D eigenvalue weighted by Gasteiger charge is -2.17. The Labute approximate surface area is 186 Å². The Morgan fingerprint density at radius 1 is 1.06 bits per heavy atom. The van der Waals surface area contributed by atoms with E-state index in [4.69, 9.17) is 9.72 Å². The van der Waals surface area contributed by atoms with Crippen LogP contribution in [0.25, 0.3) is 11.0 Å². The molecule has 162 valence electrons. The molecule has 0 saturated carbocycles. The normalized spacial score (nSPS) is 16.1. The number of hydrogen-bond acceptors (Lipinski definition) is 3. The van der Waals surface area contributed by atoms with Crippen molar-refractivity contribution in [2.24, 2.45) is 0 Å². The first-order valence-electron chi connectivity index (χ1n) is 10.8. The summed E-state index contributed by atoms with van der Waals surface area (Å²) in [5.41, 5.74) is 3.66. The number of rotatable bonds is 6. The average molecular weight is 429 g/mol. The number of benzene rings is 3. The summed E-state index contributed by atoms with van der Waals surface area (Å²) in [7, 11) is 0. The zero-order valence-corrected chi connectivity index (χ0v) is 17.9. The number of anilines is 1. The van der Waals surface area contributed by atoms with Crippen LogP contribution in [0.5, 0.6) is 5.75 Å². The predicted molar refractivity (Wildman–Crippen MR) is 123 cm³/mol. The van der Waals surface area contributed by atoms with Gasteiger partial charge in [0.2, 0.25) is 5.91 Å². The largest absolute Gasteiger partial charge is 0.492 e. The van der Waals surface area contributed by atoms with Crippen LogP contribution in [-0.4, -0.2) is 28.6 Å². The standard InChI is InChI=1S/C26H24FN3O2/c1-18-6-4-9-22(14-18)32-13-12-29-24-11-3-2-10-23(24)28-26(29)19-15-25(31)30(17-19)21-8-5-7-20(27)16-21/h2-11,14,16,19H,12-13,15,17H2,1H3. The molecule has 0 spiro atoms. The highest BCUT2D eigenvalue weighted by Crippen LogP contribution is 2.33. The Hall–Kier alpha value is -3.67. The van der Waals surface area contributed by atoms with Crippen LogP contribution in [0.4, 0.5) is 10.1 Å². The summed E-state index contributed by atoms with van der Waals surface area (Å²) in [4.78, 5) is 19.3. The molecule has 1 unspecified atom stereocenters. The smallest absolute Gasteiger partial charge is 0.227 e. The van der Waals surface area contributed by atoms with Crippen LogP contribution in [-0.2, 0) is 11.3 Å². The van der Waals surface area contributed by atoms with Crippen molar-refractivity contribution in [1.82, 2.24) is 9.55 Å². The quantitative estimate of drug-likeness (QED) is 0.429. The zero-order valence-electron chi connectivity index (χ0n) is 17.9. The van der Waals surface area contributed by atoms with E-state index in [0.717, 1.165) is 28.2 Å². The lowest BCUT2D eigenvalue weighted by atomic mass is 10.1. The molecule has 0 bridgehead atoms. The molecule has 0 N–H and O–H groups in total. The number of para-hydroxylation sites is 2. The second-order valence-electron chi connectivity index (χ2n) is 8.16. The van der Waals surface area contributed by atoms with Crippen molar-refractivity contribution in [3.63, 3.8) is 0 Å². The van der Waals surface area contributed by atoms with Gasteiger partial charge in [-0.15, -0.1) is 0 Å². The summed E-state index contributed by atoms with van der Waals surface area (Å²) < 4.78 is 21.8. The lowest BCUT2D eigenvalue weighted by Crippen LogP contribution is -2.24. The average Bonchev–Trinajstić information content (AvgIpc) is 3.34. The third-order valence-corrected chi connectivity index (χ3v) is 5.87. The topological polar surface area (TPSA) is 47.4 Å². The fourth-order valence-corrected chi connectivity index (χ4v) is 4.37. The van der Waals surface area contributed by atoms with E-state index in [1.165, 1.54) is 12.1 Å². The number of fused-ring (bicyclic) bond motifs is 1. The van der Waals surface area contributed by atoms with Gasteiger partial charge in [0.15, 0.2) is 0 Å². The fourth-order valence-electron chi connectivity index (χ4n) is 4.37. The molecule has 1 aromatic heterocycles. The van der Waals surface area contributed by atoms with Crippen LogP contribution in [0.3, 0.4) is 0 Å². The van der Waals surface area contributed by atoms with Crippen LogP contribution < -0.4 is 9.64 Å². The number of nitrogens with zero attached hydrogens (tertiary/aromatic N) is 3. The molecular weight excluding hydrogens is 405 g/mol. The van der Waals surface area contributed by atoms with Gasteiger partial charge in [0.25, 0.3) is 0 Å². The van der Waals surface area contributed by atoms with Gasteiger partial charge >= 0.3 is 0 Å². The second kappa shape index (κ2) is 8.46. The van der Waals surface area contributed by atoms with Crippen LogP contribution in [0.15, 0.2) is 72.8 Å². The van der Waals surface area contributed by atoms with E-state index in [0.29, 0.717) is 31.8 Å². The highest BCUT2D eigenvalue weighted by Gasteiger charge is 2.35. The molecule has 5 nitrogen and oxygen atoms in total. The summed E-state index contributed by atoms with van der Waals surface area (Å²) in [5, 5.41) is 0. The molecule has 1 amide bonds. The maximum atomic E-state index is 13.7. The molecule has 3 aromatic carbocycles. The van der Waals surface area contributed by atoms with Crippen molar-refractivity contribution in [2.75, 3.05) is 18.1 Å². The number of carbonyl (C=O) groups excluding carboxylic acids is 1. The third kappa shape index (κ3) is 3.96. The highest BCUT2D eigenvalue weighted by atomic mass is 19.1. The maximum absolute atomic E-state index is 13.7. The summed E-state index contributed by atoms with van der Waals surface area (Å²) in [6, 6.07) is 22.1. The molecule has 5 rings (SSSR count). The molecule has 1 aliphatic heterocycles. The Morgan fingerprint density at radius 2 is 1.91 bits per heavy atom. The number of imidazole rings is 1. The van der Waals surface area contributed by atoms with Gasteiger partial charge in [-0.1, -0.05) is 30.3 Å². The van der Waals surface area contributed by atoms with E-state index in [1.807, 2.05) is 55.5 Å². The maximum Gasteiger partial charge on any atom is 0.227 e. The monoisotopic (exact) mass is 429 g/mol. The molecule has 32 heavy (non-hydrogen) atoms. The predicted octanol–water partition coefficient (Wildman–Crippen LogP) is 5.08. The van der Waals surface area contributed by atoms with Crippen LogP contribution >= 0.6 is 0 Å². The van der Waals surface area contributed by atoms with E-state index in [2.05, 4.69) is 4.57 Å². The summed E-state index contributed by atoms with van der Waals surface area (Å²) in [6.07, 6.45) is 0.346. The lowest BCUT2D eigenvalue weighted by molar-refractivity contribution is -0.117. The number of ether oxygens (including phenoxy) is 1. The minimum atomic E-state index is -0.348. The van der Waals surface area contributed by atoms with Gasteiger partial charge in [-0.2, -0.15) is 0 Å². The number of aryl methyl sites for hydroxylation is 1. The van der Waals surface area contributed by atoms with Crippen molar-refractivity contribution in [3.05, 3.63) is 90.0 Å². The molecule has 1 saturated heterocycles. The van der Waals surface area contributed by atoms with Crippen LogP contribution in [0.1, 0.15) is 23.7 Å². The summed E-state index contributed by atoms with van der Waals surface area (Å²) >= 11 is 0. The molecule has 2 heterocycles. The number of halogens is 1. The molecule has 0 aliphatic carbocycles. The molecular formula is C26H24FN3O2. The van der Waals surface area contributed by atoms with E-state index in [1.54, 1.807) is 17.0 Å². The van der Waals surface area contributed by atoms with Gasteiger partial charge in [0, 0.05) is 24.6 Å². The van der Waals surface area contributed by atoms with E-state index in [-0.39, 0.29) is 17.6 Å². The summed E-state index contributed by atoms with van der Waals surface area (Å²) in [5.74, 6) is 1.27. The SMILES string of the molecule is Cc1cccc(OCCn2c(C3CC(=O)N(c4cccc(F)c4)C3)nc3ccccc32)c1. The zero-order chi connectivity index (χ0) is 22.1. The van der Waals surface area contributed by atoms with E-state index in [9.17, 15) is 9.18 Å². The molecule has 1 aliphatic rings. The van der Waals surface area contributed by atoms with Crippen molar-refractivity contribution in [3.8, 4) is 5.75 Å². The van der Waals surface area contributed by atoms with Crippen LogP contribution in [0, 0.1) is 12.7 Å². The first-order valence-corrected chi connectivity index (χ1v) is 10.8. The van der Waals surface area contributed by atoms with Gasteiger partial charge in [-0.3, -0.25) is 4.79 Å². The Bertz CT molecular complexity index is 1280. The first kappa shape index (κ1) is 20.2. The Kier molecular flexibility index (Phi) is 5.35. The fraction of sp³-hybridized carbons (Fsp3) is 0.231. The van der Waals surface area contributed by atoms with Crippen molar-refractivity contribution in [1.29, 1.82) is 0 Å². The number of hydrogen-bond donors (Lipinski definition) is 0. The molecule has 1 fully saturated rings. The molecule has 0 radical (unpaired) electrons. The second-order valence-corrected chi connectivity index (χ2v) is 8.16. The van der Waals surface area contributed by atoms with Crippen molar-refractivity contribution >= 4 is 22.6 Å². The number of aromatic nitrogens is 2. The number of amides is 1. The van der Waals surface area contributed by atoms with E-state index >= 15 is 0 Å². The van der Waals surface area contributed by atoms with Gasteiger partial charge < -0.3 is 14.2 Å². The van der Waals surface area contributed by atoms with Crippen molar-refractivity contribution in [2.45, 2.75) is 25.8 Å². The van der Waals surface area contributed by atoms with Gasteiger partial charge in [-0.25, -0.2) is 9.37 Å². The Morgan fingerprint density at radius 3 is 2.75 bits per heavy atom. The van der Waals surface area contributed by atoms with Crippen LogP contribution in [0.2, 0.25) is 0 Å². The van der Waals surface area contributed by atoms with Gasteiger partial charge in [0.05, 0.1) is 17.6 Å². The van der Waals surface area contributed by atoms with E-state index < -0.39 is 0 Å². The van der Waals surface area contributed by atoms with Gasteiger partial charge in [0.1, 0.15) is 24.0 Å². The van der Waals surface area contributed by atoms with Crippen molar-refractivity contribution < 1.29 is 13.9 Å². The number of carbonyl (C=O) groups is 1. The highest BCUT2D eigenvalue weighted by molar-refractivity contribution is 5.96. The molecule has 4 aromatic rings. The molecule has 1 atom stereocenters. The first-order chi connectivity index (χ1) is 15.6. The summed E-state index contributed by atoms with van der Waals surface area (Å²) in [6.45, 7) is 3.62. The molecule has 6 heteroatoms. The third-order valence-electron chi connectivity index (χ3n) is 5.87. The Balaban J connectivity index is 1.41. The van der Waals surface area contributed by atoms with Gasteiger partial charge in [-0.05, 0) is 55.0 Å².